The molecule has 3 rings (SSSR count). The molecule has 6 nitrogen and oxygen atoms in total. The average Bonchev–Trinajstić information content (AvgIpc) is 3.14. The number of anilines is 1. The van der Waals surface area contributed by atoms with Crippen LogP contribution in [0, 0.1) is 0 Å². The summed E-state index contributed by atoms with van der Waals surface area (Å²) >= 11 is 2.54. The molecule has 0 bridgehead atoms. The van der Waals surface area contributed by atoms with E-state index in [4.69, 9.17) is 0 Å². The molecule has 1 aromatic carbocycles. The summed E-state index contributed by atoms with van der Waals surface area (Å²) in [7, 11) is 1.30. The summed E-state index contributed by atoms with van der Waals surface area (Å²) in [5.74, 6) is -0.754. The standard InChI is InChI=1S/C13H9N3O3S2/c1-19-12(18)10-5-14-13(21-10)16-11(17)7-2-3-8-9(4-7)20-6-15-8/h2-6H,1H3,(H,14,16,17). The summed E-state index contributed by atoms with van der Waals surface area (Å²) < 4.78 is 5.53. The summed E-state index contributed by atoms with van der Waals surface area (Å²) in [6.07, 6.45) is 1.37. The summed E-state index contributed by atoms with van der Waals surface area (Å²) in [6.45, 7) is 0. The molecule has 0 aliphatic heterocycles. The Kier molecular flexibility index (Phi) is 3.63. The third kappa shape index (κ3) is 2.76. The van der Waals surface area contributed by atoms with Crippen molar-refractivity contribution in [2.24, 2.45) is 0 Å². The highest BCUT2D eigenvalue weighted by Gasteiger charge is 2.13. The zero-order valence-corrected chi connectivity index (χ0v) is 12.5. The van der Waals surface area contributed by atoms with E-state index in [1.807, 2.05) is 0 Å². The number of carbonyl (C=O) groups is 2. The zero-order valence-electron chi connectivity index (χ0n) is 10.8. The molecule has 0 spiro atoms. The molecule has 0 fully saturated rings. The molecule has 0 aliphatic rings. The fourth-order valence-corrected chi connectivity index (χ4v) is 3.14. The molecule has 1 N–H and O–H groups in total. The molecule has 0 unspecified atom stereocenters. The van der Waals surface area contributed by atoms with Crippen molar-refractivity contribution in [2.45, 2.75) is 0 Å². The molecule has 21 heavy (non-hydrogen) atoms. The van der Waals surface area contributed by atoms with Gasteiger partial charge in [0.2, 0.25) is 0 Å². The van der Waals surface area contributed by atoms with Gasteiger partial charge in [-0.2, -0.15) is 0 Å². The smallest absolute Gasteiger partial charge is 0.349 e. The summed E-state index contributed by atoms with van der Waals surface area (Å²) in [5, 5.41) is 3.01. The summed E-state index contributed by atoms with van der Waals surface area (Å²) in [4.78, 5) is 32.0. The molecule has 0 saturated heterocycles. The summed E-state index contributed by atoms with van der Waals surface area (Å²) in [6, 6.07) is 5.27. The first-order valence-electron chi connectivity index (χ1n) is 5.86. The van der Waals surface area contributed by atoms with Crippen molar-refractivity contribution in [1.82, 2.24) is 9.97 Å². The first-order valence-corrected chi connectivity index (χ1v) is 7.56. The second-order valence-electron chi connectivity index (χ2n) is 4.01. The number of ether oxygens (including phenoxy) is 1. The van der Waals surface area contributed by atoms with E-state index < -0.39 is 5.97 Å². The largest absolute Gasteiger partial charge is 0.465 e. The van der Waals surface area contributed by atoms with Gasteiger partial charge in [0.1, 0.15) is 4.88 Å². The van der Waals surface area contributed by atoms with Gasteiger partial charge in [0.25, 0.3) is 5.91 Å². The van der Waals surface area contributed by atoms with Gasteiger partial charge in [-0.1, -0.05) is 11.3 Å². The number of benzene rings is 1. The third-order valence-corrected chi connectivity index (χ3v) is 4.39. The monoisotopic (exact) mass is 319 g/mol. The molecule has 3 aromatic rings. The normalized spacial score (nSPS) is 10.5. The predicted molar refractivity (Wildman–Crippen MR) is 81.0 cm³/mol. The number of nitrogens with zero attached hydrogens (tertiary/aromatic N) is 2. The number of fused-ring (bicyclic) bond motifs is 1. The second kappa shape index (κ2) is 5.58. The Bertz CT molecular complexity index is 825. The first kappa shape index (κ1) is 13.7. The zero-order chi connectivity index (χ0) is 14.8. The molecule has 2 heterocycles. The van der Waals surface area contributed by atoms with Crippen LogP contribution >= 0.6 is 22.7 Å². The van der Waals surface area contributed by atoms with E-state index in [2.05, 4.69) is 20.0 Å². The van der Waals surface area contributed by atoms with Crippen LogP contribution in [0.15, 0.2) is 29.9 Å². The SMILES string of the molecule is COC(=O)c1cnc(NC(=O)c2ccc3ncsc3c2)s1. The van der Waals surface area contributed by atoms with Crippen molar-refractivity contribution in [1.29, 1.82) is 0 Å². The van der Waals surface area contributed by atoms with Crippen LogP contribution in [0.2, 0.25) is 0 Å². The van der Waals surface area contributed by atoms with Crippen molar-refractivity contribution in [3.63, 3.8) is 0 Å². The minimum Gasteiger partial charge on any atom is -0.465 e. The second-order valence-corrected chi connectivity index (χ2v) is 5.93. The van der Waals surface area contributed by atoms with Gasteiger partial charge in [-0.05, 0) is 18.2 Å². The number of hydrogen-bond acceptors (Lipinski definition) is 7. The van der Waals surface area contributed by atoms with Crippen LogP contribution in [0.1, 0.15) is 20.0 Å². The number of aromatic nitrogens is 2. The Labute approximate surface area is 127 Å². The molecule has 0 saturated carbocycles. The van der Waals surface area contributed by atoms with Crippen molar-refractivity contribution in [3.8, 4) is 0 Å². The van der Waals surface area contributed by atoms with E-state index in [0.29, 0.717) is 15.6 Å². The van der Waals surface area contributed by atoms with Gasteiger partial charge >= 0.3 is 5.97 Å². The van der Waals surface area contributed by atoms with Gasteiger partial charge in [0.05, 0.1) is 29.0 Å². The fraction of sp³-hybridized carbons (Fsp3) is 0.0769. The van der Waals surface area contributed by atoms with Crippen molar-refractivity contribution in [2.75, 3.05) is 12.4 Å². The lowest BCUT2D eigenvalue weighted by atomic mass is 10.2. The lowest BCUT2D eigenvalue weighted by molar-refractivity contribution is 0.0606. The van der Waals surface area contributed by atoms with Gasteiger partial charge < -0.3 is 4.74 Å². The van der Waals surface area contributed by atoms with E-state index in [9.17, 15) is 9.59 Å². The lowest BCUT2D eigenvalue weighted by Gasteiger charge is -2.01. The quantitative estimate of drug-likeness (QED) is 0.751. The van der Waals surface area contributed by atoms with Crippen LogP contribution < -0.4 is 5.32 Å². The third-order valence-electron chi connectivity index (χ3n) is 2.71. The molecule has 2 aromatic heterocycles. The number of carbonyl (C=O) groups excluding carboxylic acids is 2. The molecular weight excluding hydrogens is 310 g/mol. The maximum absolute atomic E-state index is 12.2. The van der Waals surface area contributed by atoms with Crippen LogP contribution in [-0.2, 0) is 4.74 Å². The average molecular weight is 319 g/mol. The van der Waals surface area contributed by atoms with E-state index in [0.717, 1.165) is 21.6 Å². The molecular formula is C13H9N3O3S2. The maximum atomic E-state index is 12.2. The van der Waals surface area contributed by atoms with Crippen molar-refractivity contribution in [3.05, 3.63) is 40.3 Å². The molecule has 0 atom stereocenters. The van der Waals surface area contributed by atoms with Gasteiger partial charge in [-0.15, -0.1) is 11.3 Å². The van der Waals surface area contributed by atoms with Gasteiger partial charge in [0.15, 0.2) is 5.13 Å². The molecule has 8 heteroatoms. The molecule has 1 amide bonds. The predicted octanol–water partition coefficient (Wildman–Crippen LogP) is 2.79. The van der Waals surface area contributed by atoms with E-state index in [-0.39, 0.29) is 5.91 Å². The number of hydrogen-bond donors (Lipinski definition) is 1. The lowest BCUT2D eigenvalue weighted by Crippen LogP contribution is -2.11. The summed E-state index contributed by atoms with van der Waals surface area (Å²) in [5.41, 5.74) is 3.11. The molecule has 0 aliphatic carbocycles. The van der Waals surface area contributed by atoms with Crippen LogP contribution in [-0.4, -0.2) is 29.0 Å². The highest BCUT2D eigenvalue weighted by atomic mass is 32.1. The number of nitrogens with one attached hydrogen (secondary N) is 1. The number of thiazole rings is 2. The van der Waals surface area contributed by atoms with Crippen LogP contribution in [0.25, 0.3) is 10.2 Å². The van der Waals surface area contributed by atoms with Crippen molar-refractivity contribution < 1.29 is 14.3 Å². The fourth-order valence-electron chi connectivity index (χ4n) is 1.69. The van der Waals surface area contributed by atoms with Crippen molar-refractivity contribution >= 4 is 49.9 Å². The molecule has 0 radical (unpaired) electrons. The first-order chi connectivity index (χ1) is 10.2. The minimum atomic E-state index is -0.473. The highest BCUT2D eigenvalue weighted by Crippen LogP contribution is 2.22. The number of amides is 1. The Hall–Kier alpha value is -2.32. The number of rotatable bonds is 3. The van der Waals surface area contributed by atoms with Crippen LogP contribution in [0.3, 0.4) is 0 Å². The Balaban J connectivity index is 1.79. The van der Waals surface area contributed by atoms with Crippen LogP contribution in [0.5, 0.6) is 0 Å². The number of methoxy groups -OCH3 is 1. The van der Waals surface area contributed by atoms with Gasteiger partial charge in [0, 0.05) is 5.56 Å². The van der Waals surface area contributed by atoms with Crippen LogP contribution in [0.4, 0.5) is 5.13 Å². The molecule has 106 valence electrons. The Morgan fingerprint density at radius 2 is 2.14 bits per heavy atom. The van der Waals surface area contributed by atoms with E-state index >= 15 is 0 Å². The number of esters is 1. The Morgan fingerprint density at radius 3 is 2.95 bits per heavy atom. The maximum Gasteiger partial charge on any atom is 0.349 e. The Morgan fingerprint density at radius 1 is 1.29 bits per heavy atom. The van der Waals surface area contributed by atoms with Gasteiger partial charge in [-0.3, -0.25) is 10.1 Å². The van der Waals surface area contributed by atoms with Gasteiger partial charge in [-0.25, -0.2) is 14.8 Å². The van der Waals surface area contributed by atoms with E-state index in [1.54, 1.807) is 23.7 Å². The van der Waals surface area contributed by atoms with E-state index in [1.165, 1.54) is 24.6 Å². The minimum absolute atomic E-state index is 0.281. The highest BCUT2D eigenvalue weighted by molar-refractivity contribution is 7.17. The topological polar surface area (TPSA) is 81.2 Å².